The summed E-state index contributed by atoms with van der Waals surface area (Å²) in [6, 6.07) is 8.36. The number of hydrogen-bond acceptors (Lipinski definition) is 3. The van der Waals surface area contributed by atoms with Gasteiger partial charge in [0.25, 0.3) is 0 Å². The first-order valence-electron chi connectivity index (χ1n) is 7.50. The van der Waals surface area contributed by atoms with Crippen LogP contribution in [0.3, 0.4) is 0 Å². The summed E-state index contributed by atoms with van der Waals surface area (Å²) in [4.78, 5) is 1.30. The summed E-state index contributed by atoms with van der Waals surface area (Å²) in [5.74, 6) is 1.16. The molecule has 4 N–H and O–H groups in total. The van der Waals surface area contributed by atoms with E-state index in [1.54, 1.807) is 0 Å². The van der Waals surface area contributed by atoms with Crippen LogP contribution in [0.5, 0.6) is 0 Å². The quantitative estimate of drug-likeness (QED) is 0.240. The number of nitrogens with two attached hydrogens (primary N) is 2. The highest BCUT2D eigenvalue weighted by Gasteiger charge is 1.99. The van der Waals surface area contributed by atoms with Gasteiger partial charge in [-0.05, 0) is 36.8 Å². The highest BCUT2D eigenvalue weighted by molar-refractivity contribution is 7.99. The molecule has 0 radical (unpaired) electrons. The second kappa shape index (κ2) is 10.3. The molecule has 0 heterocycles. The van der Waals surface area contributed by atoms with Crippen molar-refractivity contribution in [3.63, 3.8) is 0 Å². The largest absolute Gasteiger partial charge is 0.369 e. The molecule has 0 amide bonds. The zero-order valence-electron chi connectivity index (χ0n) is 13.0. The highest BCUT2D eigenvalue weighted by atomic mass is 32.2. The van der Waals surface area contributed by atoms with Crippen LogP contribution in [0.25, 0.3) is 0 Å². The van der Waals surface area contributed by atoms with Gasteiger partial charge in [-0.2, -0.15) is 5.10 Å². The van der Waals surface area contributed by atoms with Crippen molar-refractivity contribution in [1.29, 1.82) is 0 Å². The van der Waals surface area contributed by atoms with E-state index in [0.717, 1.165) is 11.3 Å². The van der Waals surface area contributed by atoms with Gasteiger partial charge in [0.1, 0.15) is 0 Å². The molecular formula is C16H26N4S. The third-order valence-corrected chi connectivity index (χ3v) is 4.20. The van der Waals surface area contributed by atoms with Crippen molar-refractivity contribution in [3.8, 4) is 0 Å². The fourth-order valence-electron chi connectivity index (χ4n) is 1.88. The molecule has 0 aliphatic heterocycles. The Morgan fingerprint density at radius 3 is 2.29 bits per heavy atom. The van der Waals surface area contributed by atoms with E-state index in [0.29, 0.717) is 0 Å². The predicted octanol–water partition coefficient (Wildman–Crippen LogP) is 3.75. The number of thioether (sulfide) groups is 1. The van der Waals surface area contributed by atoms with Crippen molar-refractivity contribution in [2.75, 3.05) is 5.75 Å². The molecule has 0 unspecified atom stereocenters. The van der Waals surface area contributed by atoms with E-state index in [1.165, 1.54) is 42.8 Å². The first kappa shape index (κ1) is 17.6. The van der Waals surface area contributed by atoms with Crippen LogP contribution in [0, 0.1) is 0 Å². The Kier molecular flexibility index (Phi) is 8.59. The van der Waals surface area contributed by atoms with E-state index < -0.39 is 0 Å². The fraction of sp³-hybridized carbons (Fsp3) is 0.500. The molecule has 0 aliphatic carbocycles. The van der Waals surface area contributed by atoms with E-state index in [-0.39, 0.29) is 5.96 Å². The number of unbranched alkanes of at least 4 members (excludes halogenated alkanes) is 4. The minimum absolute atomic E-state index is 0.0235. The zero-order valence-corrected chi connectivity index (χ0v) is 13.8. The summed E-state index contributed by atoms with van der Waals surface area (Å²) in [5, 5.41) is 7.64. The Labute approximate surface area is 132 Å². The van der Waals surface area contributed by atoms with Crippen LogP contribution >= 0.6 is 11.8 Å². The van der Waals surface area contributed by atoms with Crippen molar-refractivity contribution in [2.24, 2.45) is 21.7 Å². The number of guanidine groups is 1. The van der Waals surface area contributed by atoms with Gasteiger partial charge in [-0.25, -0.2) is 0 Å². The van der Waals surface area contributed by atoms with E-state index in [1.807, 2.05) is 18.7 Å². The second-order valence-corrected chi connectivity index (χ2v) is 6.17. The maximum atomic E-state index is 5.26. The monoisotopic (exact) mass is 306 g/mol. The Morgan fingerprint density at radius 1 is 1.00 bits per heavy atom. The summed E-state index contributed by atoms with van der Waals surface area (Å²) in [6.45, 7) is 4.14. The lowest BCUT2D eigenvalue weighted by molar-refractivity contribution is 0.659. The number of rotatable bonds is 9. The Bertz CT molecular complexity index is 462. The molecule has 0 aliphatic rings. The lowest BCUT2D eigenvalue weighted by atomic mass is 10.1. The van der Waals surface area contributed by atoms with Crippen molar-refractivity contribution in [1.82, 2.24) is 0 Å². The predicted molar refractivity (Wildman–Crippen MR) is 93.9 cm³/mol. The van der Waals surface area contributed by atoms with Crippen molar-refractivity contribution >= 4 is 23.4 Å². The van der Waals surface area contributed by atoms with E-state index in [2.05, 4.69) is 41.4 Å². The molecule has 0 saturated heterocycles. The molecule has 0 bridgehead atoms. The van der Waals surface area contributed by atoms with Crippen molar-refractivity contribution < 1.29 is 0 Å². The van der Waals surface area contributed by atoms with Gasteiger partial charge in [-0.1, -0.05) is 44.7 Å². The van der Waals surface area contributed by atoms with Gasteiger partial charge in [-0.15, -0.1) is 16.9 Å². The van der Waals surface area contributed by atoms with Crippen LogP contribution in [0.2, 0.25) is 0 Å². The zero-order chi connectivity index (χ0) is 15.5. The third-order valence-electron chi connectivity index (χ3n) is 3.10. The van der Waals surface area contributed by atoms with Gasteiger partial charge in [0.15, 0.2) is 0 Å². The molecule has 0 aromatic heterocycles. The summed E-state index contributed by atoms with van der Waals surface area (Å²) >= 11 is 1.91. The summed E-state index contributed by atoms with van der Waals surface area (Å²) in [6.07, 6.45) is 6.64. The van der Waals surface area contributed by atoms with Crippen LogP contribution < -0.4 is 11.5 Å². The topological polar surface area (TPSA) is 76.8 Å². The molecule has 0 fully saturated rings. The molecule has 0 saturated carbocycles. The third kappa shape index (κ3) is 7.75. The van der Waals surface area contributed by atoms with E-state index >= 15 is 0 Å². The van der Waals surface area contributed by atoms with Gasteiger partial charge < -0.3 is 11.5 Å². The second-order valence-electron chi connectivity index (χ2n) is 5.00. The SMILES string of the molecule is CCCCCCCSc1ccc(C(C)=NN=C(N)N)cc1. The first-order valence-corrected chi connectivity index (χ1v) is 8.48. The van der Waals surface area contributed by atoms with Crippen LogP contribution in [-0.4, -0.2) is 17.4 Å². The molecular weight excluding hydrogens is 280 g/mol. The maximum Gasteiger partial charge on any atom is 0.211 e. The Morgan fingerprint density at radius 2 is 1.67 bits per heavy atom. The average Bonchev–Trinajstić information content (AvgIpc) is 2.49. The van der Waals surface area contributed by atoms with Crippen LogP contribution in [0.15, 0.2) is 39.4 Å². The summed E-state index contributed by atoms with van der Waals surface area (Å²) in [5.41, 5.74) is 12.4. The standard InChI is InChI=1S/C16H26N4S/c1-3-4-5-6-7-12-21-15-10-8-14(9-11-15)13(2)19-20-16(17)18/h8-11H,3-7,12H2,1-2H3,(H4,17,18,20). The molecule has 1 aromatic carbocycles. The van der Waals surface area contributed by atoms with E-state index in [9.17, 15) is 0 Å². The molecule has 116 valence electrons. The Hall–Kier alpha value is -1.49. The van der Waals surface area contributed by atoms with Gasteiger partial charge >= 0.3 is 0 Å². The average molecular weight is 306 g/mol. The lowest BCUT2D eigenvalue weighted by Crippen LogP contribution is -2.22. The fourth-order valence-corrected chi connectivity index (χ4v) is 2.79. The first-order chi connectivity index (χ1) is 10.1. The summed E-state index contributed by atoms with van der Waals surface area (Å²) in [7, 11) is 0. The van der Waals surface area contributed by atoms with Crippen molar-refractivity contribution in [3.05, 3.63) is 29.8 Å². The minimum Gasteiger partial charge on any atom is -0.369 e. The minimum atomic E-state index is -0.0235. The number of benzene rings is 1. The lowest BCUT2D eigenvalue weighted by Gasteiger charge is -2.04. The summed E-state index contributed by atoms with van der Waals surface area (Å²) < 4.78 is 0. The van der Waals surface area contributed by atoms with Gasteiger partial charge in [0.2, 0.25) is 5.96 Å². The maximum absolute atomic E-state index is 5.26. The van der Waals surface area contributed by atoms with Crippen LogP contribution in [0.4, 0.5) is 0 Å². The number of nitrogens with zero attached hydrogens (tertiary/aromatic N) is 2. The van der Waals surface area contributed by atoms with Crippen LogP contribution in [0.1, 0.15) is 51.5 Å². The smallest absolute Gasteiger partial charge is 0.211 e. The molecule has 4 nitrogen and oxygen atoms in total. The Balaban J connectivity index is 2.40. The van der Waals surface area contributed by atoms with Crippen molar-refractivity contribution in [2.45, 2.75) is 50.8 Å². The molecule has 1 rings (SSSR count). The van der Waals surface area contributed by atoms with Gasteiger partial charge in [0.05, 0.1) is 5.71 Å². The van der Waals surface area contributed by atoms with Crippen LogP contribution in [-0.2, 0) is 0 Å². The molecule has 0 spiro atoms. The molecule has 21 heavy (non-hydrogen) atoms. The molecule has 1 aromatic rings. The van der Waals surface area contributed by atoms with Gasteiger partial charge in [0, 0.05) is 4.90 Å². The molecule has 5 heteroatoms. The molecule has 0 atom stereocenters. The highest BCUT2D eigenvalue weighted by Crippen LogP contribution is 2.20. The normalized spacial score (nSPS) is 11.4. The van der Waals surface area contributed by atoms with Gasteiger partial charge in [-0.3, -0.25) is 0 Å². The van der Waals surface area contributed by atoms with E-state index in [4.69, 9.17) is 11.5 Å². The number of hydrogen-bond donors (Lipinski definition) is 2.